The first kappa shape index (κ1) is 30.2. The number of hydrogen-bond donors (Lipinski definition) is 1. The predicted molar refractivity (Wildman–Crippen MR) is 155 cm³/mol. The van der Waals surface area contributed by atoms with Crippen LogP contribution >= 0.6 is 11.6 Å². The SMILES string of the molecule is CC(=O)NC1CCC2c3cc(C(=O)Cc4ccc(Cl)cc4)cc(-c4cnccn4)c3N(CC(C)(C)C)C12.O=C(F)F. The number of amides is 1. The van der Waals surface area contributed by atoms with Crippen LogP contribution in [0.25, 0.3) is 11.3 Å². The number of carbonyl (C=O) groups excluding carboxylic acids is 3. The largest absolute Gasteiger partial charge is 0.483 e. The monoisotopic (exact) mass is 582 g/mol. The Kier molecular flexibility index (Phi) is 9.17. The van der Waals surface area contributed by atoms with Gasteiger partial charge in [0.25, 0.3) is 0 Å². The number of carbonyl (C=O) groups is 3. The molecule has 3 aromatic rings. The third-order valence-corrected chi connectivity index (χ3v) is 7.52. The van der Waals surface area contributed by atoms with Gasteiger partial charge in [0, 0.05) is 60.4 Å². The van der Waals surface area contributed by atoms with E-state index in [1.54, 1.807) is 25.5 Å². The van der Waals surface area contributed by atoms with E-state index in [1.165, 1.54) is 5.56 Å². The van der Waals surface area contributed by atoms with E-state index in [0.717, 1.165) is 41.9 Å². The molecule has 0 radical (unpaired) electrons. The highest BCUT2D eigenvalue weighted by Gasteiger charge is 2.49. The van der Waals surface area contributed by atoms with Crippen molar-refractivity contribution in [3.63, 3.8) is 0 Å². The van der Waals surface area contributed by atoms with Crippen molar-refractivity contribution in [2.45, 2.75) is 65.0 Å². The first-order chi connectivity index (χ1) is 19.3. The molecule has 3 atom stereocenters. The zero-order valence-corrected chi connectivity index (χ0v) is 24.2. The van der Waals surface area contributed by atoms with Crippen LogP contribution < -0.4 is 10.2 Å². The summed E-state index contributed by atoms with van der Waals surface area (Å²) in [5, 5.41) is 3.86. The lowest BCUT2D eigenvalue weighted by atomic mass is 9.90. The smallest absolute Gasteiger partial charge is 0.365 e. The van der Waals surface area contributed by atoms with Gasteiger partial charge < -0.3 is 10.2 Å². The van der Waals surface area contributed by atoms with Crippen LogP contribution in [0.3, 0.4) is 0 Å². The molecule has 10 heteroatoms. The Balaban J connectivity index is 0.000000909. The van der Waals surface area contributed by atoms with Crippen LogP contribution in [0.1, 0.15) is 67.9 Å². The highest BCUT2D eigenvalue weighted by Crippen LogP contribution is 2.53. The third kappa shape index (κ3) is 7.33. The van der Waals surface area contributed by atoms with Crippen molar-refractivity contribution in [1.82, 2.24) is 15.3 Å². The molecule has 2 aliphatic rings. The molecule has 0 bridgehead atoms. The predicted octanol–water partition coefficient (Wildman–Crippen LogP) is 6.88. The van der Waals surface area contributed by atoms with Gasteiger partial charge in [-0.25, -0.2) is 4.79 Å². The molecule has 2 heterocycles. The van der Waals surface area contributed by atoms with Crippen molar-refractivity contribution in [2.24, 2.45) is 5.41 Å². The highest BCUT2D eigenvalue weighted by molar-refractivity contribution is 6.30. The number of nitrogens with zero attached hydrogens (tertiary/aromatic N) is 3. The highest BCUT2D eigenvalue weighted by atomic mass is 35.5. The number of aromatic nitrogens is 2. The summed E-state index contributed by atoms with van der Waals surface area (Å²) in [6.07, 6.45) is 4.44. The van der Waals surface area contributed by atoms with E-state index in [9.17, 15) is 18.4 Å². The third-order valence-electron chi connectivity index (χ3n) is 7.27. The lowest BCUT2D eigenvalue weighted by Gasteiger charge is -2.37. The van der Waals surface area contributed by atoms with Crippen LogP contribution in [0, 0.1) is 5.41 Å². The minimum atomic E-state index is -2.83. The van der Waals surface area contributed by atoms with Crippen LogP contribution in [0.5, 0.6) is 0 Å². The summed E-state index contributed by atoms with van der Waals surface area (Å²) in [4.78, 5) is 45.2. The van der Waals surface area contributed by atoms with Crippen LogP contribution in [0.4, 0.5) is 19.3 Å². The summed E-state index contributed by atoms with van der Waals surface area (Å²) in [6.45, 7) is 9.10. The molecule has 1 amide bonds. The number of ketones is 1. The number of halogens is 3. The molecule has 1 aromatic heterocycles. The van der Waals surface area contributed by atoms with Crippen molar-refractivity contribution in [1.29, 1.82) is 0 Å². The van der Waals surface area contributed by atoms with Gasteiger partial charge in [-0.1, -0.05) is 44.5 Å². The van der Waals surface area contributed by atoms with Gasteiger partial charge in [0.05, 0.1) is 23.6 Å². The van der Waals surface area contributed by atoms with E-state index in [2.05, 4.69) is 47.0 Å². The van der Waals surface area contributed by atoms with Crippen LogP contribution in [0.15, 0.2) is 55.0 Å². The van der Waals surface area contributed by atoms with Gasteiger partial charge in [-0.05, 0) is 53.6 Å². The second-order valence-corrected chi connectivity index (χ2v) is 12.1. The Labute approximate surface area is 243 Å². The molecule has 1 fully saturated rings. The molecule has 41 heavy (non-hydrogen) atoms. The summed E-state index contributed by atoms with van der Waals surface area (Å²) >= 11 is 6.04. The van der Waals surface area contributed by atoms with E-state index < -0.39 is 6.29 Å². The van der Waals surface area contributed by atoms with Crippen LogP contribution in [0.2, 0.25) is 5.02 Å². The molecular weight excluding hydrogens is 550 g/mol. The van der Waals surface area contributed by atoms with Crippen molar-refractivity contribution in [2.75, 3.05) is 11.4 Å². The maximum Gasteiger partial charge on any atom is 0.483 e. The van der Waals surface area contributed by atoms with E-state index in [4.69, 9.17) is 16.4 Å². The molecule has 1 N–H and O–H groups in total. The van der Waals surface area contributed by atoms with Crippen molar-refractivity contribution in [3.8, 4) is 11.3 Å². The Hall–Kier alpha value is -3.72. The molecule has 3 unspecified atom stereocenters. The number of rotatable bonds is 6. The van der Waals surface area contributed by atoms with E-state index in [0.29, 0.717) is 17.0 Å². The van der Waals surface area contributed by atoms with Gasteiger partial charge in [0.1, 0.15) is 0 Å². The van der Waals surface area contributed by atoms with Crippen molar-refractivity contribution >= 4 is 35.3 Å². The number of hydrogen-bond acceptors (Lipinski definition) is 6. The maximum atomic E-state index is 13.6. The zero-order chi connectivity index (χ0) is 29.9. The molecule has 0 spiro atoms. The topological polar surface area (TPSA) is 92.3 Å². The number of Topliss-reactive ketones (excluding diaryl/α,β-unsaturated/α-hetero) is 1. The Morgan fingerprint density at radius 2 is 1.76 bits per heavy atom. The fraction of sp³-hybridized carbons (Fsp3) is 0.387. The Morgan fingerprint density at radius 1 is 1.07 bits per heavy atom. The molecule has 1 saturated carbocycles. The first-order valence-electron chi connectivity index (χ1n) is 13.4. The Bertz CT molecular complexity index is 1420. The standard InChI is InChI=1S/C30H33ClN4O2.CF2O/c1-18(36)34-25-10-9-22-23-14-20(27(37)13-19-5-7-21(31)8-6-19)15-24(26-16-32-11-12-33-26)28(23)35(29(22)25)17-30(2,3)4;2-1(3)4/h5-8,11-12,14-16,22,25,29H,9-10,13,17H2,1-4H3,(H,34,36);. The summed E-state index contributed by atoms with van der Waals surface area (Å²) in [6, 6.07) is 11.7. The van der Waals surface area contributed by atoms with Crippen LogP contribution in [-0.4, -0.2) is 46.6 Å². The molecule has 1 aliphatic carbocycles. The van der Waals surface area contributed by atoms with Gasteiger partial charge in [-0.15, -0.1) is 8.78 Å². The summed E-state index contributed by atoms with van der Waals surface area (Å²) in [7, 11) is 0. The second-order valence-electron chi connectivity index (χ2n) is 11.7. The average Bonchev–Trinajstić information content (AvgIpc) is 3.43. The Morgan fingerprint density at radius 3 is 2.34 bits per heavy atom. The summed E-state index contributed by atoms with van der Waals surface area (Å²) < 4.78 is 19.4. The number of anilines is 1. The van der Waals surface area contributed by atoms with E-state index in [-0.39, 0.29) is 35.1 Å². The molecule has 216 valence electrons. The van der Waals surface area contributed by atoms with Gasteiger partial charge >= 0.3 is 6.29 Å². The average molecular weight is 583 g/mol. The van der Waals surface area contributed by atoms with Crippen molar-refractivity contribution in [3.05, 3.63) is 76.7 Å². The fourth-order valence-corrected chi connectivity index (χ4v) is 6.09. The molecule has 1 aliphatic heterocycles. The molecule has 7 nitrogen and oxygen atoms in total. The first-order valence-corrected chi connectivity index (χ1v) is 13.8. The fourth-order valence-electron chi connectivity index (χ4n) is 5.96. The molecule has 2 aromatic carbocycles. The summed E-state index contributed by atoms with van der Waals surface area (Å²) in [5.74, 6) is 0.274. The van der Waals surface area contributed by atoms with Gasteiger partial charge in [0.2, 0.25) is 5.91 Å². The van der Waals surface area contributed by atoms with Gasteiger partial charge in [0.15, 0.2) is 5.78 Å². The van der Waals surface area contributed by atoms with Crippen LogP contribution in [-0.2, 0) is 11.2 Å². The summed E-state index contributed by atoms with van der Waals surface area (Å²) in [5.41, 5.74) is 5.58. The lowest BCUT2D eigenvalue weighted by Crippen LogP contribution is -2.50. The second kappa shape index (κ2) is 12.4. The normalized spacial score (nSPS) is 19.1. The molecule has 0 saturated heterocycles. The van der Waals surface area contributed by atoms with Gasteiger partial charge in [-0.3, -0.25) is 19.6 Å². The minimum absolute atomic E-state index is 0.00899. The quantitative estimate of drug-likeness (QED) is 0.251. The molecular formula is C31H33ClF2N4O3. The number of fused-ring (bicyclic) bond motifs is 3. The lowest BCUT2D eigenvalue weighted by molar-refractivity contribution is -0.119. The minimum Gasteiger partial charge on any atom is -0.365 e. The molecule has 5 rings (SSSR count). The number of benzene rings is 2. The van der Waals surface area contributed by atoms with Gasteiger partial charge in [-0.2, -0.15) is 0 Å². The van der Waals surface area contributed by atoms with E-state index >= 15 is 0 Å². The number of nitrogens with one attached hydrogen (secondary N) is 1. The van der Waals surface area contributed by atoms with Crippen molar-refractivity contribution < 1.29 is 23.2 Å². The van der Waals surface area contributed by atoms with E-state index in [1.807, 2.05) is 30.3 Å². The maximum absolute atomic E-state index is 13.6. The zero-order valence-electron chi connectivity index (χ0n) is 23.5.